The van der Waals surface area contributed by atoms with Gasteiger partial charge in [0.1, 0.15) is 18.2 Å². The van der Waals surface area contributed by atoms with Gasteiger partial charge in [0.2, 0.25) is 0 Å². The molecule has 2 aromatic carbocycles. The summed E-state index contributed by atoms with van der Waals surface area (Å²) in [4.78, 5) is 4.05. The van der Waals surface area contributed by atoms with E-state index in [1.165, 1.54) is 0 Å². The van der Waals surface area contributed by atoms with E-state index in [2.05, 4.69) is 10.3 Å². The zero-order valence-corrected chi connectivity index (χ0v) is 12.1. The van der Waals surface area contributed by atoms with Gasteiger partial charge in [-0.3, -0.25) is 0 Å². The maximum Gasteiger partial charge on any atom is 0.123 e. The Kier molecular flexibility index (Phi) is 4.20. The molecule has 0 aliphatic carbocycles. The Morgan fingerprint density at radius 1 is 0.864 bits per heavy atom. The van der Waals surface area contributed by atoms with E-state index in [1.54, 1.807) is 12.3 Å². The van der Waals surface area contributed by atoms with Gasteiger partial charge in [0.05, 0.1) is 11.9 Å². The van der Waals surface area contributed by atoms with Gasteiger partial charge in [-0.15, -0.1) is 0 Å². The Hall–Kier alpha value is -3.01. The molecular formula is C18H17N3O. The van der Waals surface area contributed by atoms with Crippen LogP contribution >= 0.6 is 0 Å². The van der Waals surface area contributed by atoms with Crippen molar-refractivity contribution in [3.05, 3.63) is 78.5 Å². The Labute approximate surface area is 129 Å². The summed E-state index contributed by atoms with van der Waals surface area (Å²) in [5.41, 5.74) is 8.58. The minimum Gasteiger partial charge on any atom is -0.489 e. The number of anilines is 3. The number of nitrogens with zero attached hydrogens (tertiary/aromatic N) is 1. The van der Waals surface area contributed by atoms with Crippen molar-refractivity contribution in [3.63, 3.8) is 0 Å². The highest BCUT2D eigenvalue weighted by molar-refractivity contribution is 5.60. The molecule has 0 amide bonds. The first-order valence-electron chi connectivity index (χ1n) is 7.05. The van der Waals surface area contributed by atoms with E-state index in [0.717, 1.165) is 22.7 Å². The largest absolute Gasteiger partial charge is 0.489 e. The van der Waals surface area contributed by atoms with Crippen LogP contribution in [0.4, 0.5) is 17.2 Å². The smallest absolute Gasteiger partial charge is 0.123 e. The number of benzene rings is 2. The van der Waals surface area contributed by atoms with Crippen LogP contribution in [0.25, 0.3) is 0 Å². The predicted molar refractivity (Wildman–Crippen MR) is 89.1 cm³/mol. The molecule has 0 aliphatic heterocycles. The number of ether oxygens (including phenoxy) is 1. The molecule has 0 fully saturated rings. The summed E-state index contributed by atoms with van der Waals surface area (Å²) < 4.78 is 5.76. The van der Waals surface area contributed by atoms with Crippen LogP contribution in [0.3, 0.4) is 0 Å². The molecule has 0 bridgehead atoms. The van der Waals surface area contributed by atoms with Crippen molar-refractivity contribution >= 4 is 17.2 Å². The number of nitrogens with one attached hydrogen (secondary N) is 1. The number of aromatic nitrogens is 1. The summed E-state index contributed by atoms with van der Waals surface area (Å²) >= 11 is 0. The molecule has 0 saturated heterocycles. The van der Waals surface area contributed by atoms with Crippen LogP contribution in [-0.2, 0) is 6.61 Å². The summed E-state index contributed by atoms with van der Waals surface area (Å²) in [6.07, 6.45) is 1.70. The fourth-order valence-electron chi connectivity index (χ4n) is 2.02. The fourth-order valence-corrected chi connectivity index (χ4v) is 2.02. The standard InChI is InChI=1S/C18H17N3O/c19-18-11-8-16(12-20-18)21-15-6-9-17(10-7-15)22-13-14-4-2-1-3-5-14/h1-12,21H,13H2,(H2,19,20). The van der Waals surface area contributed by atoms with Crippen molar-refractivity contribution in [2.75, 3.05) is 11.1 Å². The third kappa shape index (κ3) is 3.76. The highest BCUT2D eigenvalue weighted by atomic mass is 16.5. The second kappa shape index (κ2) is 6.63. The molecule has 3 N–H and O–H groups in total. The van der Waals surface area contributed by atoms with Gasteiger partial charge in [0.25, 0.3) is 0 Å². The van der Waals surface area contributed by atoms with Gasteiger partial charge in [0, 0.05) is 5.69 Å². The van der Waals surface area contributed by atoms with Crippen molar-refractivity contribution < 1.29 is 4.74 Å². The number of nitrogen functional groups attached to an aromatic ring is 1. The van der Waals surface area contributed by atoms with Crippen LogP contribution in [0.1, 0.15) is 5.56 Å². The molecule has 1 aromatic heterocycles. The van der Waals surface area contributed by atoms with Crippen LogP contribution in [0.2, 0.25) is 0 Å². The lowest BCUT2D eigenvalue weighted by atomic mass is 10.2. The van der Waals surface area contributed by atoms with Crippen molar-refractivity contribution in [1.29, 1.82) is 0 Å². The third-order valence-electron chi connectivity index (χ3n) is 3.18. The van der Waals surface area contributed by atoms with E-state index in [-0.39, 0.29) is 0 Å². The van der Waals surface area contributed by atoms with E-state index in [0.29, 0.717) is 12.4 Å². The van der Waals surface area contributed by atoms with Gasteiger partial charge in [-0.1, -0.05) is 30.3 Å². The molecule has 3 rings (SSSR count). The van der Waals surface area contributed by atoms with Crippen molar-refractivity contribution in [2.45, 2.75) is 6.61 Å². The number of hydrogen-bond acceptors (Lipinski definition) is 4. The molecule has 3 aromatic rings. The quantitative estimate of drug-likeness (QED) is 0.746. The number of pyridine rings is 1. The van der Waals surface area contributed by atoms with E-state index in [4.69, 9.17) is 10.5 Å². The molecule has 0 unspecified atom stereocenters. The van der Waals surface area contributed by atoms with Gasteiger partial charge in [-0.2, -0.15) is 0 Å². The average Bonchev–Trinajstić information content (AvgIpc) is 2.57. The maximum atomic E-state index is 5.76. The Morgan fingerprint density at radius 3 is 2.27 bits per heavy atom. The zero-order chi connectivity index (χ0) is 15.2. The Bertz CT molecular complexity index is 710. The van der Waals surface area contributed by atoms with Crippen molar-refractivity contribution in [1.82, 2.24) is 4.98 Å². The minimum absolute atomic E-state index is 0.509. The first-order valence-corrected chi connectivity index (χ1v) is 7.05. The molecule has 0 spiro atoms. The molecule has 0 saturated carbocycles. The first-order chi connectivity index (χ1) is 10.8. The summed E-state index contributed by atoms with van der Waals surface area (Å²) in [6, 6.07) is 21.6. The molecule has 4 heteroatoms. The van der Waals surface area contributed by atoms with Gasteiger partial charge in [0.15, 0.2) is 0 Å². The number of hydrogen-bond donors (Lipinski definition) is 2. The molecule has 22 heavy (non-hydrogen) atoms. The third-order valence-corrected chi connectivity index (χ3v) is 3.18. The second-order valence-electron chi connectivity index (χ2n) is 4.90. The minimum atomic E-state index is 0.509. The van der Waals surface area contributed by atoms with Crippen molar-refractivity contribution in [3.8, 4) is 5.75 Å². The van der Waals surface area contributed by atoms with E-state index < -0.39 is 0 Å². The average molecular weight is 291 g/mol. The van der Waals surface area contributed by atoms with Crippen LogP contribution in [0, 0.1) is 0 Å². The molecular weight excluding hydrogens is 274 g/mol. The van der Waals surface area contributed by atoms with Gasteiger partial charge in [-0.05, 0) is 42.0 Å². The van der Waals surface area contributed by atoms with Gasteiger partial charge >= 0.3 is 0 Å². The monoisotopic (exact) mass is 291 g/mol. The molecule has 4 nitrogen and oxygen atoms in total. The number of nitrogens with two attached hydrogens (primary N) is 1. The maximum absolute atomic E-state index is 5.76. The summed E-state index contributed by atoms with van der Waals surface area (Å²) in [6.45, 7) is 0.565. The lowest BCUT2D eigenvalue weighted by Crippen LogP contribution is -1.96. The van der Waals surface area contributed by atoms with Crippen LogP contribution in [0.15, 0.2) is 72.9 Å². The lowest BCUT2D eigenvalue weighted by molar-refractivity contribution is 0.306. The first kappa shape index (κ1) is 13.9. The molecule has 110 valence electrons. The summed E-state index contributed by atoms with van der Waals surface area (Å²) in [7, 11) is 0. The van der Waals surface area contributed by atoms with E-state index >= 15 is 0 Å². The SMILES string of the molecule is Nc1ccc(Nc2ccc(OCc3ccccc3)cc2)cn1. The van der Waals surface area contributed by atoms with Crippen LogP contribution in [-0.4, -0.2) is 4.98 Å². The van der Waals surface area contributed by atoms with E-state index in [9.17, 15) is 0 Å². The van der Waals surface area contributed by atoms with Gasteiger partial charge < -0.3 is 15.8 Å². The molecule has 1 heterocycles. The summed E-state index contributed by atoms with van der Waals surface area (Å²) in [5.74, 6) is 1.35. The second-order valence-corrected chi connectivity index (χ2v) is 4.90. The number of rotatable bonds is 5. The van der Waals surface area contributed by atoms with Crippen LogP contribution in [0.5, 0.6) is 5.75 Å². The zero-order valence-electron chi connectivity index (χ0n) is 12.1. The Morgan fingerprint density at radius 2 is 1.59 bits per heavy atom. The van der Waals surface area contributed by atoms with Crippen molar-refractivity contribution in [2.24, 2.45) is 0 Å². The normalized spacial score (nSPS) is 10.2. The highest BCUT2D eigenvalue weighted by Gasteiger charge is 1.98. The highest BCUT2D eigenvalue weighted by Crippen LogP contribution is 2.20. The summed E-state index contributed by atoms with van der Waals surface area (Å²) in [5, 5.41) is 3.26. The lowest BCUT2D eigenvalue weighted by Gasteiger charge is -2.09. The molecule has 0 aliphatic rings. The van der Waals surface area contributed by atoms with E-state index in [1.807, 2.05) is 60.7 Å². The Balaban J connectivity index is 1.59. The topological polar surface area (TPSA) is 60.2 Å². The molecule has 0 radical (unpaired) electrons. The van der Waals surface area contributed by atoms with Gasteiger partial charge in [-0.25, -0.2) is 4.98 Å². The molecule has 0 atom stereocenters. The van der Waals surface area contributed by atoms with Crippen LogP contribution < -0.4 is 15.8 Å². The fraction of sp³-hybridized carbons (Fsp3) is 0.0556. The predicted octanol–water partition coefficient (Wildman–Crippen LogP) is 3.99.